The summed E-state index contributed by atoms with van der Waals surface area (Å²) in [4.78, 5) is 0. The van der Waals surface area contributed by atoms with Gasteiger partial charge in [0, 0.05) is 19.2 Å². The molecule has 0 spiro atoms. The molecule has 108 valence electrons. The van der Waals surface area contributed by atoms with E-state index >= 15 is 0 Å². The van der Waals surface area contributed by atoms with Crippen LogP contribution in [0.4, 0.5) is 0 Å². The van der Waals surface area contributed by atoms with Crippen molar-refractivity contribution in [2.75, 3.05) is 19.8 Å². The first-order chi connectivity index (χ1) is 9.38. The van der Waals surface area contributed by atoms with Gasteiger partial charge in [-0.15, -0.1) is 0 Å². The van der Waals surface area contributed by atoms with Crippen molar-refractivity contribution < 1.29 is 4.74 Å². The fraction of sp³-hybridized carbons (Fsp3) is 0.647. The highest BCUT2D eigenvalue weighted by atomic mass is 16.5. The molecule has 1 aromatic rings. The SMILES string of the molecule is CCCCOCCNC(CCCC)c1ccccc1. The van der Waals surface area contributed by atoms with Crippen LogP contribution >= 0.6 is 0 Å². The average molecular weight is 263 g/mol. The fourth-order valence-electron chi connectivity index (χ4n) is 2.13. The molecule has 0 aliphatic heterocycles. The maximum Gasteiger partial charge on any atom is 0.0591 e. The third kappa shape index (κ3) is 7.34. The molecule has 19 heavy (non-hydrogen) atoms. The molecule has 0 aliphatic rings. The second-order valence-electron chi connectivity index (χ2n) is 5.03. The van der Waals surface area contributed by atoms with E-state index in [4.69, 9.17) is 4.74 Å². The third-order valence-corrected chi connectivity index (χ3v) is 3.33. The number of hydrogen-bond donors (Lipinski definition) is 1. The molecule has 0 amide bonds. The van der Waals surface area contributed by atoms with Crippen LogP contribution in [-0.4, -0.2) is 19.8 Å². The zero-order valence-corrected chi connectivity index (χ0v) is 12.5. The quantitative estimate of drug-likeness (QED) is 0.600. The van der Waals surface area contributed by atoms with E-state index < -0.39 is 0 Å². The summed E-state index contributed by atoms with van der Waals surface area (Å²) < 4.78 is 5.60. The lowest BCUT2D eigenvalue weighted by molar-refractivity contribution is 0.130. The van der Waals surface area contributed by atoms with Crippen molar-refractivity contribution in [3.63, 3.8) is 0 Å². The van der Waals surface area contributed by atoms with Gasteiger partial charge in [0.1, 0.15) is 0 Å². The summed E-state index contributed by atoms with van der Waals surface area (Å²) >= 11 is 0. The Kier molecular flexibility index (Phi) is 9.38. The molecule has 1 aromatic carbocycles. The first kappa shape index (κ1) is 16.2. The van der Waals surface area contributed by atoms with E-state index in [1.807, 2.05) is 0 Å². The van der Waals surface area contributed by atoms with E-state index in [1.54, 1.807) is 0 Å². The Labute approximate surface area is 118 Å². The molecule has 0 bridgehead atoms. The average Bonchev–Trinajstić information content (AvgIpc) is 2.46. The Bertz CT molecular complexity index is 299. The number of unbranched alkanes of at least 4 members (excludes halogenated alkanes) is 2. The van der Waals surface area contributed by atoms with Crippen LogP contribution in [0, 0.1) is 0 Å². The van der Waals surface area contributed by atoms with Gasteiger partial charge in [-0.1, -0.05) is 63.4 Å². The molecule has 0 heterocycles. The zero-order chi connectivity index (χ0) is 13.8. The molecule has 2 heteroatoms. The predicted molar refractivity (Wildman–Crippen MR) is 82.4 cm³/mol. The number of nitrogens with one attached hydrogen (secondary N) is 1. The largest absolute Gasteiger partial charge is 0.380 e. The maximum absolute atomic E-state index is 5.60. The maximum atomic E-state index is 5.60. The summed E-state index contributed by atoms with van der Waals surface area (Å²) in [5, 5.41) is 3.62. The van der Waals surface area contributed by atoms with Crippen LogP contribution in [0.2, 0.25) is 0 Å². The molecular formula is C17H29NO. The normalized spacial score (nSPS) is 12.5. The van der Waals surface area contributed by atoms with Crippen LogP contribution in [0.25, 0.3) is 0 Å². The number of hydrogen-bond acceptors (Lipinski definition) is 2. The Morgan fingerprint density at radius 2 is 1.74 bits per heavy atom. The van der Waals surface area contributed by atoms with Crippen molar-refractivity contribution in [2.45, 2.75) is 52.0 Å². The molecule has 0 fully saturated rings. The molecule has 1 rings (SSSR count). The predicted octanol–water partition coefficient (Wildman–Crippen LogP) is 4.32. The van der Waals surface area contributed by atoms with Crippen LogP contribution < -0.4 is 5.32 Å². The van der Waals surface area contributed by atoms with E-state index in [0.717, 1.165) is 26.2 Å². The monoisotopic (exact) mass is 263 g/mol. The standard InChI is InChI=1S/C17H29NO/c1-3-5-12-17(16-10-8-7-9-11-16)18-13-15-19-14-6-4-2/h7-11,17-18H,3-6,12-15H2,1-2H3. The van der Waals surface area contributed by atoms with Gasteiger partial charge < -0.3 is 10.1 Å². The van der Waals surface area contributed by atoms with Gasteiger partial charge in [0.15, 0.2) is 0 Å². The lowest BCUT2D eigenvalue weighted by Gasteiger charge is -2.19. The van der Waals surface area contributed by atoms with E-state index in [0.29, 0.717) is 6.04 Å². The van der Waals surface area contributed by atoms with E-state index in [-0.39, 0.29) is 0 Å². The molecule has 1 N–H and O–H groups in total. The minimum atomic E-state index is 0.468. The summed E-state index contributed by atoms with van der Waals surface area (Å²) in [6, 6.07) is 11.2. The van der Waals surface area contributed by atoms with Gasteiger partial charge in [-0.05, 0) is 18.4 Å². The summed E-state index contributed by atoms with van der Waals surface area (Å²) in [6.45, 7) is 7.08. The van der Waals surface area contributed by atoms with Gasteiger partial charge in [0.25, 0.3) is 0 Å². The van der Waals surface area contributed by atoms with Crippen molar-refractivity contribution in [1.29, 1.82) is 0 Å². The van der Waals surface area contributed by atoms with Crippen molar-refractivity contribution in [3.8, 4) is 0 Å². The molecule has 0 aromatic heterocycles. The molecule has 0 aliphatic carbocycles. The van der Waals surface area contributed by atoms with Crippen LogP contribution in [0.1, 0.15) is 57.6 Å². The number of benzene rings is 1. The van der Waals surface area contributed by atoms with Gasteiger partial charge in [-0.25, -0.2) is 0 Å². The van der Waals surface area contributed by atoms with Gasteiger partial charge in [0.2, 0.25) is 0 Å². The number of rotatable bonds is 11. The first-order valence-electron chi connectivity index (χ1n) is 7.74. The first-order valence-corrected chi connectivity index (χ1v) is 7.74. The second kappa shape index (κ2) is 11.0. The Hall–Kier alpha value is -0.860. The van der Waals surface area contributed by atoms with E-state index in [1.165, 1.54) is 31.2 Å². The highest BCUT2D eigenvalue weighted by Crippen LogP contribution is 2.18. The second-order valence-corrected chi connectivity index (χ2v) is 5.03. The van der Waals surface area contributed by atoms with Crippen molar-refractivity contribution >= 4 is 0 Å². The number of ether oxygens (including phenoxy) is 1. The fourth-order valence-corrected chi connectivity index (χ4v) is 2.13. The molecule has 1 atom stereocenters. The summed E-state index contributed by atoms with van der Waals surface area (Å²) in [5.74, 6) is 0. The van der Waals surface area contributed by atoms with Crippen LogP contribution in [0.3, 0.4) is 0 Å². The van der Waals surface area contributed by atoms with Crippen molar-refractivity contribution in [3.05, 3.63) is 35.9 Å². The van der Waals surface area contributed by atoms with E-state index in [9.17, 15) is 0 Å². The molecule has 0 radical (unpaired) electrons. The summed E-state index contributed by atoms with van der Waals surface area (Å²) in [6.07, 6.45) is 6.09. The minimum Gasteiger partial charge on any atom is -0.380 e. The molecule has 1 unspecified atom stereocenters. The molecular weight excluding hydrogens is 234 g/mol. The van der Waals surface area contributed by atoms with Gasteiger partial charge >= 0.3 is 0 Å². The highest BCUT2D eigenvalue weighted by molar-refractivity contribution is 5.18. The van der Waals surface area contributed by atoms with Crippen molar-refractivity contribution in [1.82, 2.24) is 5.32 Å². The zero-order valence-electron chi connectivity index (χ0n) is 12.5. The van der Waals surface area contributed by atoms with Crippen LogP contribution in [0.5, 0.6) is 0 Å². The van der Waals surface area contributed by atoms with Gasteiger partial charge in [0.05, 0.1) is 6.61 Å². The Balaban J connectivity index is 2.30. The Morgan fingerprint density at radius 3 is 2.42 bits per heavy atom. The topological polar surface area (TPSA) is 21.3 Å². The lowest BCUT2D eigenvalue weighted by Crippen LogP contribution is -2.25. The van der Waals surface area contributed by atoms with Gasteiger partial charge in [-0.3, -0.25) is 0 Å². The van der Waals surface area contributed by atoms with Crippen LogP contribution in [-0.2, 0) is 4.74 Å². The third-order valence-electron chi connectivity index (χ3n) is 3.33. The lowest BCUT2D eigenvalue weighted by atomic mass is 10.0. The van der Waals surface area contributed by atoms with Crippen molar-refractivity contribution in [2.24, 2.45) is 0 Å². The molecule has 0 saturated carbocycles. The summed E-state index contributed by atoms with van der Waals surface area (Å²) in [5.41, 5.74) is 1.39. The highest BCUT2D eigenvalue weighted by Gasteiger charge is 2.09. The summed E-state index contributed by atoms with van der Waals surface area (Å²) in [7, 11) is 0. The molecule has 2 nitrogen and oxygen atoms in total. The minimum absolute atomic E-state index is 0.468. The Morgan fingerprint density at radius 1 is 1.00 bits per heavy atom. The van der Waals surface area contributed by atoms with Crippen LogP contribution in [0.15, 0.2) is 30.3 Å². The smallest absolute Gasteiger partial charge is 0.0591 e. The van der Waals surface area contributed by atoms with Gasteiger partial charge in [-0.2, -0.15) is 0 Å². The van der Waals surface area contributed by atoms with E-state index in [2.05, 4.69) is 49.5 Å². The molecule has 0 saturated heterocycles.